The second kappa shape index (κ2) is 5.63. The van der Waals surface area contributed by atoms with Gasteiger partial charge in [-0.2, -0.15) is 0 Å². The first-order valence-corrected chi connectivity index (χ1v) is 9.39. The highest BCUT2D eigenvalue weighted by atomic mass is 35.5. The summed E-state index contributed by atoms with van der Waals surface area (Å²) < 4.78 is 0. The van der Waals surface area contributed by atoms with Crippen LogP contribution in [0.5, 0.6) is 0 Å². The third kappa shape index (κ3) is 2.20. The molecule has 0 heterocycles. The number of hydrogen-bond donors (Lipinski definition) is 2. The van der Waals surface area contributed by atoms with Crippen molar-refractivity contribution in [1.82, 2.24) is 0 Å². The molecule has 3 N–H and O–H groups in total. The normalized spacial score (nSPS) is 57.3. The number of hydrogen-bond acceptors (Lipinski definition) is 2. The molecule has 4 aliphatic rings. The fraction of sp³-hybridized carbons (Fsp3) is 1.00. The molecule has 8 atom stereocenters. The lowest BCUT2D eigenvalue weighted by molar-refractivity contribution is -0.122. The summed E-state index contributed by atoms with van der Waals surface area (Å²) in [5, 5.41) is 10.1. The van der Waals surface area contributed by atoms with E-state index in [1.807, 2.05) is 0 Å². The van der Waals surface area contributed by atoms with Gasteiger partial charge in [-0.1, -0.05) is 13.8 Å². The first-order chi connectivity index (χ1) is 9.95. The Labute approximate surface area is 142 Å². The fourth-order valence-corrected chi connectivity index (χ4v) is 7.28. The average molecular weight is 328 g/mol. The van der Waals surface area contributed by atoms with Crippen LogP contribution in [0.1, 0.15) is 71.6 Å². The predicted octanol–water partition coefficient (Wildman–Crippen LogP) is 4.14. The van der Waals surface area contributed by atoms with E-state index in [4.69, 9.17) is 5.73 Å². The van der Waals surface area contributed by atoms with Crippen LogP contribution in [-0.4, -0.2) is 17.3 Å². The van der Waals surface area contributed by atoms with Gasteiger partial charge >= 0.3 is 0 Å². The second-order valence-corrected chi connectivity index (χ2v) is 9.31. The summed E-state index contributed by atoms with van der Waals surface area (Å²) in [6.45, 7) is 5.06. The van der Waals surface area contributed by atoms with Crippen molar-refractivity contribution in [2.24, 2.45) is 40.2 Å². The Bertz CT molecular complexity index is 430. The molecule has 4 saturated carbocycles. The molecule has 0 amide bonds. The van der Waals surface area contributed by atoms with Crippen molar-refractivity contribution in [1.29, 1.82) is 0 Å². The van der Waals surface area contributed by atoms with Crippen molar-refractivity contribution in [3.63, 3.8) is 0 Å². The van der Waals surface area contributed by atoms with Crippen LogP contribution < -0.4 is 5.73 Å². The van der Waals surface area contributed by atoms with Gasteiger partial charge in [0.25, 0.3) is 0 Å². The SMILES string of the molecule is C[C@]12CC[C@H](O)C[C@@H]1CC[C@@H]1[C@@H]2CC[C@]2(C)[C@@H](N)CC[C@@H]12.Cl. The molecular formula is C19H34ClNO. The molecule has 0 aromatic rings. The van der Waals surface area contributed by atoms with Crippen LogP contribution in [0, 0.1) is 34.5 Å². The van der Waals surface area contributed by atoms with Crippen LogP contribution in [-0.2, 0) is 0 Å². The van der Waals surface area contributed by atoms with Crippen molar-refractivity contribution >= 4 is 12.4 Å². The van der Waals surface area contributed by atoms with Crippen LogP contribution in [0.3, 0.4) is 0 Å². The smallest absolute Gasteiger partial charge is 0.0543 e. The third-order valence-electron chi connectivity index (χ3n) is 8.71. The molecule has 0 radical (unpaired) electrons. The molecule has 22 heavy (non-hydrogen) atoms. The van der Waals surface area contributed by atoms with Crippen molar-refractivity contribution in [3.8, 4) is 0 Å². The van der Waals surface area contributed by atoms with E-state index in [-0.39, 0.29) is 18.5 Å². The maximum Gasteiger partial charge on any atom is 0.0543 e. The molecule has 0 unspecified atom stereocenters. The number of rotatable bonds is 0. The summed E-state index contributed by atoms with van der Waals surface area (Å²) in [7, 11) is 0. The fourth-order valence-electron chi connectivity index (χ4n) is 7.28. The van der Waals surface area contributed by atoms with Crippen molar-refractivity contribution in [2.45, 2.75) is 83.8 Å². The van der Waals surface area contributed by atoms with Gasteiger partial charge in [-0.3, -0.25) is 0 Å². The summed E-state index contributed by atoms with van der Waals surface area (Å²) in [4.78, 5) is 0. The monoisotopic (exact) mass is 327 g/mol. The van der Waals surface area contributed by atoms with Gasteiger partial charge in [-0.05, 0) is 92.3 Å². The van der Waals surface area contributed by atoms with Gasteiger partial charge < -0.3 is 10.8 Å². The second-order valence-electron chi connectivity index (χ2n) is 9.31. The summed E-state index contributed by atoms with van der Waals surface area (Å²) in [6, 6.07) is 0.446. The van der Waals surface area contributed by atoms with E-state index in [0.717, 1.165) is 36.5 Å². The third-order valence-corrected chi connectivity index (χ3v) is 8.71. The predicted molar refractivity (Wildman–Crippen MR) is 93.0 cm³/mol. The Morgan fingerprint density at radius 1 is 0.864 bits per heavy atom. The minimum Gasteiger partial charge on any atom is -0.393 e. The lowest BCUT2D eigenvalue weighted by atomic mass is 9.45. The highest BCUT2D eigenvalue weighted by molar-refractivity contribution is 5.85. The highest BCUT2D eigenvalue weighted by Gasteiger charge is 2.59. The van der Waals surface area contributed by atoms with Gasteiger partial charge in [-0.15, -0.1) is 12.4 Å². The number of aliphatic hydroxyl groups is 1. The number of halogens is 1. The average Bonchev–Trinajstić information content (AvgIpc) is 2.76. The molecule has 0 aromatic heterocycles. The molecule has 3 heteroatoms. The lowest BCUT2D eigenvalue weighted by Gasteiger charge is -2.60. The van der Waals surface area contributed by atoms with Gasteiger partial charge in [-0.25, -0.2) is 0 Å². The van der Waals surface area contributed by atoms with Crippen LogP contribution in [0.15, 0.2) is 0 Å². The van der Waals surface area contributed by atoms with Crippen LogP contribution >= 0.6 is 12.4 Å². The number of aliphatic hydroxyl groups excluding tert-OH is 1. The summed E-state index contributed by atoms with van der Waals surface area (Å²) in [6.07, 6.45) is 11.5. The number of nitrogens with two attached hydrogens (primary N) is 1. The van der Waals surface area contributed by atoms with Crippen molar-refractivity contribution in [3.05, 3.63) is 0 Å². The van der Waals surface area contributed by atoms with E-state index in [0.29, 0.717) is 16.9 Å². The summed E-state index contributed by atoms with van der Waals surface area (Å²) in [5.74, 6) is 3.50. The zero-order chi connectivity index (χ0) is 14.8. The van der Waals surface area contributed by atoms with Crippen LogP contribution in [0.25, 0.3) is 0 Å². The van der Waals surface area contributed by atoms with E-state index in [9.17, 15) is 5.11 Å². The first-order valence-electron chi connectivity index (χ1n) is 9.39. The molecule has 4 fully saturated rings. The summed E-state index contributed by atoms with van der Waals surface area (Å²) >= 11 is 0. The van der Waals surface area contributed by atoms with E-state index >= 15 is 0 Å². The maximum atomic E-state index is 10.1. The van der Waals surface area contributed by atoms with Crippen LogP contribution in [0.4, 0.5) is 0 Å². The molecule has 2 nitrogen and oxygen atoms in total. The zero-order valence-electron chi connectivity index (χ0n) is 14.3. The quantitative estimate of drug-likeness (QED) is 0.702. The Morgan fingerprint density at radius 3 is 2.32 bits per heavy atom. The van der Waals surface area contributed by atoms with Gasteiger partial charge in [0.2, 0.25) is 0 Å². The van der Waals surface area contributed by atoms with Gasteiger partial charge in [0.1, 0.15) is 0 Å². The van der Waals surface area contributed by atoms with Gasteiger partial charge in [0, 0.05) is 6.04 Å². The Kier molecular flexibility index (Phi) is 4.37. The molecule has 0 aliphatic heterocycles. The van der Waals surface area contributed by atoms with Gasteiger partial charge in [0.15, 0.2) is 0 Å². The van der Waals surface area contributed by atoms with E-state index in [1.165, 1.54) is 44.9 Å². The maximum absolute atomic E-state index is 10.1. The van der Waals surface area contributed by atoms with E-state index in [2.05, 4.69) is 13.8 Å². The minimum absolute atomic E-state index is 0. The summed E-state index contributed by atoms with van der Waals surface area (Å²) in [5.41, 5.74) is 7.43. The molecular weight excluding hydrogens is 294 g/mol. The van der Waals surface area contributed by atoms with Crippen molar-refractivity contribution < 1.29 is 5.11 Å². The molecule has 128 valence electrons. The number of fused-ring (bicyclic) bond motifs is 5. The molecule has 0 bridgehead atoms. The molecule has 0 spiro atoms. The van der Waals surface area contributed by atoms with Crippen molar-refractivity contribution in [2.75, 3.05) is 0 Å². The molecule has 0 saturated heterocycles. The Hall–Kier alpha value is 0.210. The Balaban J connectivity index is 0.00000144. The highest BCUT2D eigenvalue weighted by Crippen LogP contribution is 2.65. The lowest BCUT2D eigenvalue weighted by Crippen LogP contribution is -2.55. The Morgan fingerprint density at radius 2 is 1.55 bits per heavy atom. The first kappa shape index (κ1) is 17.0. The standard InChI is InChI=1S/C19H33NO.ClH/c1-18-9-7-13(21)11-12(18)3-4-14-15-5-6-17(20)19(15,2)10-8-16(14)18;/h12-17,21H,3-11,20H2,1-2H3;1H/t12-,13-,14-,15-,16-,17-,18-,19-;/m0./s1. The zero-order valence-corrected chi connectivity index (χ0v) is 15.1. The molecule has 4 rings (SSSR count). The minimum atomic E-state index is -0.0200. The molecule has 0 aromatic carbocycles. The van der Waals surface area contributed by atoms with E-state index in [1.54, 1.807) is 0 Å². The van der Waals surface area contributed by atoms with Gasteiger partial charge in [0.05, 0.1) is 6.10 Å². The largest absolute Gasteiger partial charge is 0.393 e. The van der Waals surface area contributed by atoms with E-state index < -0.39 is 0 Å². The van der Waals surface area contributed by atoms with Crippen LogP contribution in [0.2, 0.25) is 0 Å². The molecule has 4 aliphatic carbocycles. The topological polar surface area (TPSA) is 46.2 Å².